The van der Waals surface area contributed by atoms with Gasteiger partial charge < -0.3 is 10.2 Å². The van der Waals surface area contributed by atoms with Crippen LogP contribution in [-0.2, 0) is 6.18 Å². The predicted molar refractivity (Wildman–Crippen MR) is 80.7 cm³/mol. The van der Waals surface area contributed by atoms with Gasteiger partial charge in [-0.15, -0.1) is 0 Å². The highest BCUT2D eigenvalue weighted by atomic mass is 19.4. The van der Waals surface area contributed by atoms with E-state index in [0.29, 0.717) is 11.6 Å². The molecule has 0 unspecified atom stereocenters. The van der Waals surface area contributed by atoms with Gasteiger partial charge in [0.15, 0.2) is 0 Å². The van der Waals surface area contributed by atoms with E-state index in [1.54, 1.807) is 0 Å². The Morgan fingerprint density at radius 3 is 2.25 bits per heavy atom. The van der Waals surface area contributed by atoms with Crippen molar-refractivity contribution in [3.05, 3.63) is 42.0 Å². The lowest BCUT2D eigenvalue weighted by Gasteiger charge is -2.14. The number of hydrogen-bond donors (Lipinski definition) is 1. The third kappa shape index (κ3) is 3.61. The zero-order valence-electron chi connectivity index (χ0n) is 12.5. The van der Waals surface area contributed by atoms with Gasteiger partial charge in [0.2, 0.25) is 5.95 Å². The number of anilines is 2. The number of carbonyl (C=O) groups excluding carboxylic acids is 1. The van der Waals surface area contributed by atoms with Gasteiger partial charge in [-0.05, 0) is 25.0 Å². The SMILES string of the molecule is O=C(Nc1cnc(N2CCCC2)nc1)c1ccc(C(F)(F)F)nc1. The number of pyridine rings is 1. The second-order valence-electron chi connectivity index (χ2n) is 5.35. The monoisotopic (exact) mass is 337 g/mol. The van der Waals surface area contributed by atoms with Crippen molar-refractivity contribution in [1.82, 2.24) is 15.0 Å². The fraction of sp³-hybridized carbons (Fsp3) is 0.333. The van der Waals surface area contributed by atoms with Gasteiger partial charge in [0.25, 0.3) is 5.91 Å². The summed E-state index contributed by atoms with van der Waals surface area (Å²) in [6, 6.07) is 1.84. The van der Waals surface area contributed by atoms with Crippen LogP contribution in [0.3, 0.4) is 0 Å². The number of nitrogens with zero attached hydrogens (tertiary/aromatic N) is 4. The quantitative estimate of drug-likeness (QED) is 0.932. The summed E-state index contributed by atoms with van der Waals surface area (Å²) in [6.07, 6.45) is 1.49. The Bertz CT molecular complexity index is 709. The molecule has 1 N–H and O–H groups in total. The molecule has 0 radical (unpaired) electrons. The molecule has 0 atom stereocenters. The van der Waals surface area contributed by atoms with Crippen LogP contribution >= 0.6 is 0 Å². The lowest BCUT2D eigenvalue weighted by Crippen LogP contribution is -2.20. The van der Waals surface area contributed by atoms with Crippen molar-refractivity contribution in [3.8, 4) is 0 Å². The van der Waals surface area contributed by atoms with Crippen molar-refractivity contribution < 1.29 is 18.0 Å². The first-order valence-corrected chi connectivity index (χ1v) is 7.35. The Morgan fingerprint density at radius 1 is 1.04 bits per heavy atom. The first kappa shape index (κ1) is 16.2. The molecule has 24 heavy (non-hydrogen) atoms. The number of rotatable bonds is 3. The lowest BCUT2D eigenvalue weighted by atomic mass is 10.2. The molecule has 0 aliphatic carbocycles. The van der Waals surface area contributed by atoms with Gasteiger partial charge in [-0.2, -0.15) is 13.2 Å². The summed E-state index contributed by atoms with van der Waals surface area (Å²) in [4.78, 5) is 25.7. The molecule has 1 aliphatic rings. The fourth-order valence-corrected chi connectivity index (χ4v) is 2.37. The standard InChI is InChI=1S/C15H14F3N5O/c16-15(17,18)12-4-3-10(7-19-12)13(24)22-11-8-20-14(21-9-11)23-5-1-2-6-23/h3-4,7-9H,1-2,5-6H2,(H,22,24). The lowest BCUT2D eigenvalue weighted by molar-refractivity contribution is -0.141. The van der Waals surface area contributed by atoms with Crippen LogP contribution in [0.5, 0.6) is 0 Å². The smallest absolute Gasteiger partial charge is 0.341 e. The molecule has 0 bridgehead atoms. The second kappa shape index (κ2) is 6.42. The maximum absolute atomic E-state index is 12.4. The molecule has 3 rings (SSSR count). The summed E-state index contributed by atoms with van der Waals surface area (Å²) in [7, 11) is 0. The molecule has 126 valence electrons. The van der Waals surface area contributed by atoms with E-state index in [9.17, 15) is 18.0 Å². The molecule has 3 heterocycles. The third-order valence-electron chi connectivity index (χ3n) is 3.60. The third-order valence-corrected chi connectivity index (χ3v) is 3.60. The van der Waals surface area contributed by atoms with Gasteiger partial charge >= 0.3 is 6.18 Å². The Hall–Kier alpha value is -2.71. The Morgan fingerprint density at radius 2 is 1.71 bits per heavy atom. The van der Waals surface area contributed by atoms with Crippen LogP contribution in [-0.4, -0.2) is 33.9 Å². The summed E-state index contributed by atoms with van der Waals surface area (Å²) in [6.45, 7) is 1.81. The molecule has 2 aromatic heterocycles. The summed E-state index contributed by atoms with van der Waals surface area (Å²) >= 11 is 0. The van der Waals surface area contributed by atoms with E-state index in [1.807, 2.05) is 4.90 Å². The fourth-order valence-electron chi connectivity index (χ4n) is 2.37. The second-order valence-corrected chi connectivity index (χ2v) is 5.35. The van der Waals surface area contributed by atoms with E-state index in [4.69, 9.17) is 0 Å². The maximum atomic E-state index is 12.4. The number of alkyl halides is 3. The molecule has 1 aliphatic heterocycles. The van der Waals surface area contributed by atoms with Crippen molar-refractivity contribution in [2.75, 3.05) is 23.3 Å². The number of amides is 1. The minimum absolute atomic E-state index is 0.0200. The summed E-state index contributed by atoms with van der Waals surface area (Å²) in [5.41, 5.74) is -0.660. The number of carbonyl (C=O) groups is 1. The minimum Gasteiger partial charge on any atom is -0.341 e. The first-order chi connectivity index (χ1) is 11.4. The highest BCUT2D eigenvalue weighted by Crippen LogP contribution is 2.27. The predicted octanol–water partition coefficient (Wildman–Crippen LogP) is 2.74. The Balaban J connectivity index is 1.66. The molecule has 6 nitrogen and oxygen atoms in total. The largest absolute Gasteiger partial charge is 0.433 e. The molecule has 1 fully saturated rings. The molecule has 9 heteroatoms. The molecule has 1 amide bonds. The zero-order chi connectivity index (χ0) is 17.2. The molecule has 0 spiro atoms. The van der Waals surface area contributed by atoms with Gasteiger partial charge in [0, 0.05) is 19.3 Å². The Kier molecular flexibility index (Phi) is 4.32. The molecule has 2 aromatic rings. The normalized spacial score (nSPS) is 14.7. The van der Waals surface area contributed by atoms with Crippen LogP contribution in [0.4, 0.5) is 24.8 Å². The molecule has 0 aromatic carbocycles. The summed E-state index contributed by atoms with van der Waals surface area (Å²) in [5, 5.41) is 2.53. The van der Waals surface area contributed by atoms with Crippen molar-refractivity contribution in [2.45, 2.75) is 19.0 Å². The van der Waals surface area contributed by atoms with Crippen LogP contribution in [0.1, 0.15) is 28.9 Å². The molecule has 1 saturated heterocycles. The molecule has 0 saturated carbocycles. The van der Waals surface area contributed by atoms with Crippen LogP contribution in [0, 0.1) is 0 Å². The maximum Gasteiger partial charge on any atom is 0.433 e. The molecular weight excluding hydrogens is 323 g/mol. The van der Waals surface area contributed by atoms with Crippen LogP contribution in [0.25, 0.3) is 0 Å². The van der Waals surface area contributed by atoms with Crippen LogP contribution < -0.4 is 10.2 Å². The van der Waals surface area contributed by atoms with Gasteiger partial charge in [0.05, 0.1) is 23.6 Å². The van der Waals surface area contributed by atoms with Crippen LogP contribution in [0.15, 0.2) is 30.7 Å². The topological polar surface area (TPSA) is 71.0 Å². The number of nitrogens with one attached hydrogen (secondary N) is 1. The van der Waals surface area contributed by atoms with Gasteiger partial charge in [-0.25, -0.2) is 9.97 Å². The summed E-state index contributed by atoms with van der Waals surface area (Å²) < 4.78 is 37.3. The van der Waals surface area contributed by atoms with Gasteiger partial charge in [-0.3, -0.25) is 9.78 Å². The van der Waals surface area contributed by atoms with Gasteiger partial charge in [0.1, 0.15) is 5.69 Å². The Labute approximate surface area is 135 Å². The highest BCUT2D eigenvalue weighted by Gasteiger charge is 2.32. The van der Waals surface area contributed by atoms with E-state index in [0.717, 1.165) is 44.3 Å². The van der Waals surface area contributed by atoms with E-state index in [-0.39, 0.29) is 5.56 Å². The van der Waals surface area contributed by atoms with Crippen molar-refractivity contribution in [1.29, 1.82) is 0 Å². The number of halogens is 3. The minimum atomic E-state index is -4.53. The average molecular weight is 337 g/mol. The highest BCUT2D eigenvalue weighted by molar-refractivity contribution is 6.03. The van der Waals surface area contributed by atoms with Crippen molar-refractivity contribution in [3.63, 3.8) is 0 Å². The van der Waals surface area contributed by atoms with Crippen molar-refractivity contribution in [2.24, 2.45) is 0 Å². The van der Waals surface area contributed by atoms with E-state index in [1.165, 1.54) is 12.4 Å². The van der Waals surface area contributed by atoms with E-state index >= 15 is 0 Å². The van der Waals surface area contributed by atoms with E-state index in [2.05, 4.69) is 20.3 Å². The average Bonchev–Trinajstić information content (AvgIpc) is 3.09. The zero-order valence-corrected chi connectivity index (χ0v) is 12.5. The molecular formula is C15H14F3N5O. The number of hydrogen-bond acceptors (Lipinski definition) is 5. The first-order valence-electron chi connectivity index (χ1n) is 7.35. The van der Waals surface area contributed by atoms with Crippen LogP contribution in [0.2, 0.25) is 0 Å². The van der Waals surface area contributed by atoms with Crippen molar-refractivity contribution >= 4 is 17.5 Å². The number of aromatic nitrogens is 3. The summed E-state index contributed by atoms with van der Waals surface area (Å²) in [5.74, 6) is 0.0236. The van der Waals surface area contributed by atoms with Gasteiger partial charge in [-0.1, -0.05) is 0 Å². The van der Waals surface area contributed by atoms with E-state index < -0.39 is 17.8 Å².